The molecule has 1 aliphatic heterocycles. The van der Waals surface area contributed by atoms with E-state index in [1.54, 1.807) is 0 Å². The zero-order valence-corrected chi connectivity index (χ0v) is 8.41. The number of benzene rings is 1. The molecule has 1 N–H and O–H groups in total. The monoisotopic (exact) mass is 239 g/mol. The normalized spacial score (nSPS) is 15.4. The topological polar surface area (TPSA) is 21.3 Å². The van der Waals surface area contributed by atoms with Gasteiger partial charge in [0.2, 0.25) is 0 Å². The highest BCUT2D eigenvalue weighted by molar-refractivity contribution is 5.85. The molecule has 0 unspecified atom stereocenters. The van der Waals surface area contributed by atoms with Crippen LogP contribution in [-0.4, -0.2) is 19.2 Å². The third-order valence-corrected chi connectivity index (χ3v) is 2.00. The van der Waals surface area contributed by atoms with Crippen molar-refractivity contribution in [3.63, 3.8) is 0 Å². The molecule has 6 heteroatoms. The standard InChI is InChI=1S/C9H8F3NO.ClH/c10-7-1-5(2-8(11)9(7)12)14-6-3-13-4-6;/h1-2,6,13H,3-4H2;1H. The van der Waals surface area contributed by atoms with Crippen molar-refractivity contribution < 1.29 is 17.9 Å². The summed E-state index contributed by atoms with van der Waals surface area (Å²) in [5.74, 6) is -3.91. The maximum Gasteiger partial charge on any atom is 0.194 e. The van der Waals surface area contributed by atoms with E-state index in [-0.39, 0.29) is 24.3 Å². The van der Waals surface area contributed by atoms with Crippen LogP contribution < -0.4 is 10.1 Å². The molecule has 0 atom stereocenters. The van der Waals surface area contributed by atoms with Crippen LogP contribution in [0.4, 0.5) is 13.2 Å². The van der Waals surface area contributed by atoms with E-state index >= 15 is 0 Å². The molecule has 0 bridgehead atoms. The van der Waals surface area contributed by atoms with Crippen molar-refractivity contribution in [1.82, 2.24) is 5.32 Å². The number of halogens is 4. The average Bonchev–Trinajstić information content (AvgIpc) is 2.07. The SMILES string of the molecule is Cl.Fc1cc(OC2CNC2)cc(F)c1F. The zero-order chi connectivity index (χ0) is 10.1. The molecule has 2 rings (SSSR count). The molecule has 1 fully saturated rings. The average molecular weight is 240 g/mol. The lowest BCUT2D eigenvalue weighted by atomic mass is 10.2. The summed E-state index contributed by atoms with van der Waals surface area (Å²) >= 11 is 0. The van der Waals surface area contributed by atoms with E-state index in [0.29, 0.717) is 13.1 Å². The molecule has 84 valence electrons. The second-order valence-corrected chi connectivity index (χ2v) is 3.10. The second kappa shape index (κ2) is 4.72. The van der Waals surface area contributed by atoms with Crippen molar-refractivity contribution in [1.29, 1.82) is 0 Å². The van der Waals surface area contributed by atoms with Crippen molar-refractivity contribution in [3.8, 4) is 5.75 Å². The second-order valence-electron chi connectivity index (χ2n) is 3.10. The van der Waals surface area contributed by atoms with Gasteiger partial charge in [-0.15, -0.1) is 12.4 Å². The molecule has 1 heterocycles. The van der Waals surface area contributed by atoms with Crippen molar-refractivity contribution >= 4 is 12.4 Å². The third kappa shape index (κ3) is 2.54. The minimum atomic E-state index is -1.47. The maximum atomic E-state index is 12.7. The predicted octanol–water partition coefficient (Wildman–Crippen LogP) is 1.88. The molecule has 15 heavy (non-hydrogen) atoms. The highest BCUT2D eigenvalue weighted by Crippen LogP contribution is 2.20. The fourth-order valence-electron chi connectivity index (χ4n) is 1.14. The van der Waals surface area contributed by atoms with Gasteiger partial charge in [-0.3, -0.25) is 0 Å². The smallest absolute Gasteiger partial charge is 0.194 e. The first kappa shape index (κ1) is 12.1. The first-order valence-electron chi connectivity index (χ1n) is 4.19. The summed E-state index contributed by atoms with van der Waals surface area (Å²) in [5.41, 5.74) is 0. The molecular formula is C9H9ClF3NO. The Kier molecular flexibility index (Phi) is 3.82. The minimum Gasteiger partial charge on any atom is -0.488 e. The molecule has 0 spiro atoms. The lowest BCUT2D eigenvalue weighted by molar-refractivity contribution is 0.141. The zero-order valence-electron chi connectivity index (χ0n) is 7.60. The Bertz CT molecular complexity index is 334. The van der Waals surface area contributed by atoms with Crippen molar-refractivity contribution in [2.45, 2.75) is 6.10 Å². The molecule has 1 aromatic rings. The van der Waals surface area contributed by atoms with E-state index in [1.807, 2.05) is 0 Å². The van der Waals surface area contributed by atoms with Gasteiger partial charge >= 0.3 is 0 Å². The molecule has 0 aromatic heterocycles. The third-order valence-electron chi connectivity index (χ3n) is 2.00. The largest absolute Gasteiger partial charge is 0.488 e. The molecule has 0 amide bonds. The van der Waals surface area contributed by atoms with E-state index in [0.717, 1.165) is 12.1 Å². The molecule has 0 aliphatic carbocycles. The lowest BCUT2D eigenvalue weighted by Crippen LogP contribution is -2.50. The minimum absolute atomic E-state index is 0. The Hall–Kier alpha value is -0.940. The fraction of sp³-hybridized carbons (Fsp3) is 0.333. The van der Waals surface area contributed by atoms with Gasteiger partial charge in [0.05, 0.1) is 0 Å². The summed E-state index contributed by atoms with van der Waals surface area (Å²) in [6.45, 7) is 1.28. The van der Waals surface area contributed by atoms with Gasteiger partial charge in [-0.25, -0.2) is 13.2 Å². The number of hydrogen-bond acceptors (Lipinski definition) is 2. The molecule has 2 nitrogen and oxygen atoms in total. The number of hydrogen-bond donors (Lipinski definition) is 1. The van der Waals surface area contributed by atoms with Crippen molar-refractivity contribution in [3.05, 3.63) is 29.6 Å². The quantitative estimate of drug-likeness (QED) is 0.796. The predicted molar refractivity (Wildman–Crippen MR) is 50.8 cm³/mol. The van der Waals surface area contributed by atoms with Crippen LogP contribution in [0.1, 0.15) is 0 Å². The van der Waals surface area contributed by atoms with Crippen LogP contribution in [0.2, 0.25) is 0 Å². The van der Waals surface area contributed by atoms with Gasteiger partial charge in [0.1, 0.15) is 11.9 Å². The molecular weight excluding hydrogens is 231 g/mol. The van der Waals surface area contributed by atoms with Crippen molar-refractivity contribution in [2.75, 3.05) is 13.1 Å². The summed E-state index contributed by atoms with van der Waals surface area (Å²) in [5, 5.41) is 2.94. The Morgan fingerprint density at radius 1 is 1.13 bits per heavy atom. The molecule has 0 saturated carbocycles. The van der Waals surface area contributed by atoms with E-state index in [9.17, 15) is 13.2 Å². The Morgan fingerprint density at radius 3 is 2.07 bits per heavy atom. The summed E-state index contributed by atoms with van der Waals surface area (Å²) in [4.78, 5) is 0. The number of ether oxygens (including phenoxy) is 1. The van der Waals surface area contributed by atoms with Gasteiger partial charge in [-0.1, -0.05) is 0 Å². The maximum absolute atomic E-state index is 12.7. The van der Waals surface area contributed by atoms with Crippen LogP contribution in [0.15, 0.2) is 12.1 Å². The summed E-state index contributed by atoms with van der Waals surface area (Å²) in [6.07, 6.45) is -0.0840. The van der Waals surface area contributed by atoms with Gasteiger partial charge < -0.3 is 10.1 Å². The molecule has 0 radical (unpaired) electrons. The Morgan fingerprint density at radius 2 is 1.67 bits per heavy atom. The van der Waals surface area contributed by atoms with Crippen molar-refractivity contribution in [2.24, 2.45) is 0 Å². The first-order chi connectivity index (χ1) is 6.66. The summed E-state index contributed by atoms with van der Waals surface area (Å²) in [7, 11) is 0. The highest BCUT2D eigenvalue weighted by Gasteiger charge is 2.20. The summed E-state index contributed by atoms with van der Waals surface area (Å²) in [6, 6.07) is 1.69. The van der Waals surface area contributed by atoms with E-state index in [4.69, 9.17) is 4.74 Å². The lowest BCUT2D eigenvalue weighted by Gasteiger charge is -2.27. The fourth-order valence-corrected chi connectivity index (χ4v) is 1.14. The number of rotatable bonds is 2. The highest BCUT2D eigenvalue weighted by atomic mass is 35.5. The first-order valence-corrected chi connectivity index (χ1v) is 4.19. The van der Waals surface area contributed by atoms with E-state index < -0.39 is 17.5 Å². The van der Waals surface area contributed by atoms with Crippen LogP contribution in [-0.2, 0) is 0 Å². The molecule has 1 aromatic carbocycles. The Labute approximate surface area is 90.8 Å². The van der Waals surface area contributed by atoms with Crippen LogP contribution >= 0.6 is 12.4 Å². The van der Waals surface area contributed by atoms with Crippen LogP contribution in [0, 0.1) is 17.5 Å². The van der Waals surface area contributed by atoms with E-state index in [1.165, 1.54) is 0 Å². The van der Waals surface area contributed by atoms with Gasteiger partial charge in [-0.05, 0) is 0 Å². The van der Waals surface area contributed by atoms with Gasteiger partial charge in [0, 0.05) is 25.2 Å². The van der Waals surface area contributed by atoms with Crippen LogP contribution in [0.25, 0.3) is 0 Å². The van der Waals surface area contributed by atoms with Gasteiger partial charge in [0.15, 0.2) is 17.5 Å². The van der Waals surface area contributed by atoms with Gasteiger partial charge in [-0.2, -0.15) is 0 Å². The molecule has 1 aliphatic rings. The van der Waals surface area contributed by atoms with Crippen LogP contribution in [0.3, 0.4) is 0 Å². The van der Waals surface area contributed by atoms with E-state index in [2.05, 4.69) is 5.32 Å². The Balaban J connectivity index is 0.00000112. The number of nitrogens with one attached hydrogen (secondary N) is 1. The van der Waals surface area contributed by atoms with Gasteiger partial charge in [0.25, 0.3) is 0 Å². The summed E-state index contributed by atoms with van der Waals surface area (Å²) < 4.78 is 43.1. The molecule has 1 saturated heterocycles. The van der Waals surface area contributed by atoms with Crippen LogP contribution in [0.5, 0.6) is 5.75 Å².